The minimum atomic E-state index is 0.936. The minimum absolute atomic E-state index is 0.936. The molecule has 0 aliphatic heterocycles. The Hall–Kier alpha value is -3.06. The van der Waals surface area contributed by atoms with E-state index in [4.69, 9.17) is 0 Å². The maximum Gasteiger partial charge on any atom is 0.0535 e. The van der Waals surface area contributed by atoms with Gasteiger partial charge in [0.25, 0.3) is 0 Å². The molecule has 0 saturated carbocycles. The second kappa shape index (κ2) is 9.06. The molecule has 1 aromatic heterocycles. The molecule has 0 aliphatic carbocycles. The third-order valence-corrected chi connectivity index (χ3v) is 3.26. The summed E-state index contributed by atoms with van der Waals surface area (Å²) in [5.74, 6) is 0. The van der Waals surface area contributed by atoms with Gasteiger partial charge in [0.2, 0.25) is 0 Å². The quantitative estimate of drug-likeness (QED) is 0.466. The lowest BCUT2D eigenvalue weighted by atomic mass is 10.1. The van der Waals surface area contributed by atoms with Crippen LogP contribution >= 0.6 is 0 Å². The van der Waals surface area contributed by atoms with E-state index in [-0.39, 0.29) is 0 Å². The highest BCUT2D eigenvalue weighted by Crippen LogP contribution is 2.31. The van der Waals surface area contributed by atoms with E-state index in [1.165, 1.54) is 0 Å². The summed E-state index contributed by atoms with van der Waals surface area (Å²) in [5, 5.41) is 0. The van der Waals surface area contributed by atoms with E-state index in [0.717, 1.165) is 28.2 Å². The van der Waals surface area contributed by atoms with Crippen LogP contribution in [0.4, 0.5) is 0 Å². The molecule has 1 aromatic rings. The maximum absolute atomic E-state index is 3.96. The third-order valence-electron chi connectivity index (χ3n) is 3.26. The predicted octanol–water partition coefficient (Wildman–Crippen LogP) is 6.39. The first-order chi connectivity index (χ1) is 11.2. The van der Waals surface area contributed by atoms with Gasteiger partial charge in [0, 0.05) is 16.8 Å². The number of rotatable bonds is 9. The highest BCUT2D eigenvalue weighted by molar-refractivity contribution is 5.83. The van der Waals surface area contributed by atoms with Gasteiger partial charge < -0.3 is 4.57 Å². The maximum atomic E-state index is 3.96. The summed E-state index contributed by atoms with van der Waals surface area (Å²) >= 11 is 0. The van der Waals surface area contributed by atoms with Gasteiger partial charge in [-0.15, -0.1) is 0 Å². The lowest BCUT2D eigenvalue weighted by molar-refractivity contribution is 1.09. The first-order valence-electron chi connectivity index (χ1n) is 7.27. The summed E-state index contributed by atoms with van der Waals surface area (Å²) in [5.41, 5.74) is 4.85. The van der Waals surface area contributed by atoms with Gasteiger partial charge in [-0.3, -0.25) is 0 Å². The van der Waals surface area contributed by atoms with E-state index in [1.54, 1.807) is 18.2 Å². The van der Waals surface area contributed by atoms with Crippen molar-refractivity contribution in [3.05, 3.63) is 105 Å². The molecule has 116 valence electrons. The molecule has 0 fully saturated rings. The largest absolute Gasteiger partial charge is 0.309 e. The highest BCUT2D eigenvalue weighted by atomic mass is 15.0. The SMILES string of the molecule is C=C/C=C\C(=C/C=C)n1c(C=C)c(C=C)c(/C=C\C=C)c1C=C. The van der Waals surface area contributed by atoms with Crippen molar-refractivity contribution in [2.24, 2.45) is 0 Å². The Morgan fingerprint density at radius 1 is 0.696 bits per heavy atom. The molecular weight excluding hydrogens is 278 g/mol. The highest BCUT2D eigenvalue weighted by Gasteiger charge is 2.17. The van der Waals surface area contributed by atoms with Crippen LogP contribution in [-0.4, -0.2) is 4.57 Å². The molecule has 0 aromatic carbocycles. The number of hydrogen-bond acceptors (Lipinski definition) is 0. The fourth-order valence-electron chi connectivity index (χ4n) is 2.37. The number of allylic oxidation sites excluding steroid dienone is 8. The third kappa shape index (κ3) is 3.78. The van der Waals surface area contributed by atoms with Gasteiger partial charge in [-0.05, 0) is 24.3 Å². The van der Waals surface area contributed by atoms with Gasteiger partial charge in [0.05, 0.1) is 11.4 Å². The molecule has 1 heteroatoms. The van der Waals surface area contributed by atoms with E-state index in [1.807, 2.05) is 48.6 Å². The summed E-state index contributed by atoms with van der Waals surface area (Å²) in [4.78, 5) is 0. The Kier molecular flexibility index (Phi) is 7.09. The van der Waals surface area contributed by atoms with E-state index in [2.05, 4.69) is 44.0 Å². The summed E-state index contributed by atoms with van der Waals surface area (Å²) < 4.78 is 2.07. The number of aromatic nitrogens is 1. The van der Waals surface area contributed by atoms with E-state index >= 15 is 0 Å². The van der Waals surface area contributed by atoms with Crippen molar-refractivity contribution in [2.75, 3.05) is 0 Å². The Balaban J connectivity index is 3.88. The topological polar surface area (TPSA) is 4.93 Å². The van der Waals surface area contributed by atoms with Crippen molar-refractivity contribution in [3.63, 3.8) is 0 Å². The van der Waals surface area contributed by atoms with E-state index in [0.29, 0.717) is 0 Å². The fraction of sp³-hybridized carbons (Fsp3) is 0. The molecule has 0 radical (unpaired) electrons. The van der Waals surface area contributed by atoms with E-state index < -0.39 is 0 Å². The molecule has 0 atom stereocenters. The zero-order chi connectivity index (χ0) is 17.2. The van der Waals surface area contributed by atoms with Crippen LogP contribution in [0, 0.1) is 0 Å². The van der Waals surface area contributed by atoms with E-state index in [9.17, 15) is 0 Å². The molecular formula is C22H23N. The number of nitrogens with zero attached hydrogens (tertiary/aromatic N) is 1. The zero-order valence-corrected chi connectivity index (χ0v) is 13.5. The fourth-order valence-corrected chi connectivity index (χ4v) is 2.37. The van der Waals surface area contributed by atoms with Gasteiger partial charge >= 0.3 is 0 Å². The lowest BCUT2D eigenvalue weighted by Gasteiger charge is -2.11. The molecule has 23 heavy (non-hydrogen) atoms. The van der Waals surface area contributed by atoms with Crippen LogP contribution < -0.4 is 0 Å². The molecule has 0 N–H and O–H groups in total. The van der Waals surface area contributed by atoms with Crippen molar-refractivity contribution >= 4 is 30.0 Å². The van der Waals surface area contributed by atoms with Crippen molar-refractivity contribution < 1.29 is 0 Å². The Morgan fingerprint density at radius 3 is 1.78 bits per heavy atom. The van der Waals surface area contributed by atoms with Crippen LogP contribution in [0.15, 0.2) is 82.0 Å². The van der Waals surface area contributed by atoms with Gasteiger partial charge in [0.15, 0.2) is 0 Å². The van der Waals surface area contributed by atoms with Gasteiger partial charge in [0.1, 0.15) is 0 Å². The van der Waals surface area contributed by atoms with Crippen molar-refractivity contribution in [1.29, 1.82) is 0 Å². The number of hydrogen-bond donors (Lipinski definition) is 0. The van der Waals surface area contributed by atoms with Crippen molar-refractivity contribution in [2.45, 2.75) is 0 Å². The molecule has 0 saturated heterocycles. The average Bonchev–Trinajstić information content (AvgIpc) is 2.88. The van der Waals surface area contributed by atoms with Crippen molar-refractivity contribution in [3.8, 4) is 0 Å². The van der Waals surface area contributed by atoms with Crippen LogP contribution in [0.25, 0.3) is 30.0 Å². The first kappa shape index (κ1) is 18.0. The predicted molar refractivity (Wildman–Crippen MR) is 108 cm³/mol. The second-order valence-electron chi connectivity index (χ2n) is 4.56. The summed E-state index contributed by atoms with van der Waals surface area (Å²) in [6.45, 7) is 23.1. The molecule has 1 heterocycles. The summed E-state index contributed by atoms with van der Waals surface area (Å²) in [7, 11) is 0. The lowest BCUT2D eigenvalue weighted by Crippen LogP contribution is -2.00. The van der Waals surface area contributed by atoms with Crippen LogP contribution in [-0.2, 0) is 0 Å². The summed E-state index contributed by atoms with van der Waals surface area (Å²) in [6.07, 6.45) is 20.3. The standard InChI is InChI=1S/C22H23N/c1-7-13-16-18(15-9-3)23-21(11-5)19(10-4)20(17-14-8-2)22(23)12-6/h7-17H,1-6H2/b16-13-,17-14-,18-15+. The average molecular weight is 301 g/mol. The van der Waals surface area contributed by atoms with Crippen LogP contribution in [0.2, 0.25) is 0 Å². The first-order valence-corrected chi connectivity index (χ1v) is 7.27. The van der Waals surface area contributed by atoms with Gasteiger partial charge in [-0.1, -0.05) is 82.0 Å². The molecule has 1 nitrogen and oxygen atoms in total. The molecule has 0 spiro atoms. The Labute approximate surface area is 139 Å². The van der Waals surface area contributed by atoms with Crippen LogP contribution in [0.1, 0.15) is 22.5 Å². The van der Waals surface area contributed by atoms with Crippen LogP contribution in [0.5, 0.6) is 0 Å². The molecule has 0 bridgehead atoms. The molecule has 0 amide bonds. The molecule has 0 aliphatic rings. The molecule has 1 rings (SSSR count). The minimum Gasteiger partial charge on any atom is -0.309 e. The van der Waals surface area contributed by atoms with Gasteiger partial charge in [-0.25, -0.2) is 0 Å². The monoisotopic (exact) mass is 301 g/mol. The second-order valence-corrected chi connectivity index (χ2v) is 4.56. The Morgan fingerprint density at radius 2 is 1.30 bits per heavy atom. The normalized spacial score (nSPS) is 11.6. The van der Waals surface area contributed by atoms with Gasteiger partial charge in [-0.2, -0.15) is 0 Å². The van der Waals surface area contributed by atoms with Crippen molar-refractivity contribution in [1.82, 2.24) is 4.57 Å². The molecule has 0 unspecified atom stereocenters. The van der Waals surface area contributed by atoms with Crippen LogP contribution in [0.3, 0.4) is 0 Å². The summed E-state index contributed by atoms with van der Waals surface area (Å²) in [6, 6.07) is 0. The smallest absolute Gasteiger partial charge is 0.0535 e. The Bertz CT molecular complexity index is 731. The zero-order valence-electron chi connectivity index (χ0n) is 13.5.